The number of ether oxygens (including phenoxy) is 1. The summed E-state index contributed by atoms with van der Waals surface area (Å²) < 4.78 is 39.5. The third kappa shape index (κ3) is 4.95. The number of nitrogens with one attached hydrogen (secondary N) is 1. The summed E-state index contributed by atoms with van der Waals surface area (Å²) in [7, 11) is 0. The molecule has 230 valence electrons. The van der Waals surface area contributed by atoms with E-state index in [1.807, 2.05) is 61.5 Å². The number of aryl methyl sites for hydroxylation is 1. The van der Waals surface area contributed by atoms with E-state index in [-0.39, 0.29) is 30.1 Å². The molecule has 5 aromatic rings. The monoisotopic (exact) mass is 627 g/mol. The summed E-state index contributed by atoms with van der Waals surface area (Å²) in [6.45, 7) is 1.96. The van der Waals surface area contributed by atoms with Gasteiger partial charge >= 0.3 is 6.09 Å². The van der Waals surface area contributed by atoms with Crippen LogP contribution < -0.4 is 11.1 Å². The van der Waals surface area contributed by atoms with Crippen LogP contribution in [-0.4, -0.2) is 44.2 Å². The van der Waals surface area contributed by atoms with Gasteiger partial charge in [-0.25, -0.2) is 23.1 Å². The summed E-state index contributed by atoms with van der Waals surface area (Å²) in [5.74, 6) is -4.37. The highest BCUT2D eigenvalue weighted by molar-refractivity contribution is 7.14. The summed E-state index contributed by atoms with van der Waals surface area (Å²) in [6, 6.07) is 19.2. The van der Waals surface area contributed by atoms with Crippen molar-refractivity contribution in [2.24, 2.45) is 5.73 Å². The first-order valence-electron chi connectivity index (χ1n) is 15.0. The maximum Gasteiger partial charge on any atom is 0.405 e. The fraction of sp³-hybridized carbons (Fsp3) is 0.294. The van der Waals surface area contributed by atoms with E-state index < -0.39 is 36.0 Å². The first-order chi connectivity index (χ1) is 21.7. The molecule has 2 aliphatic carbocycles. The van der Waals surface area contributed by atoms with Crippen molar-refractivity contribution in [3.05, 3.63) is 100 Å². The lowest BCUT2D eigenvalue weighted by atomic mass is 9.71. The average Bonchev–Trinajstić information content (AvgIpc) is 3.73. The number of amides is 2. The Morgan fingerprint density at radius 3 is 2.44 bits per heavy atom. The van der Waals surface area contributed by atoms with Crippen molar-refractivity contribution in [3.8, 4) is 22.4 Å². The highest BCUT2D eigenvalue weighted by atomic mass is 32.1. The molecule has 1 fully saturated rings. The maximum absolute atomic E-state index is 16.0. The van der Waals surface area contributed by atoms with Crippen LogP contribution in [0.3, 0.4) is 0 Å². The number of thiophene rings is 1. The molecule has 2 aliphatic rings. The van der Waals surface area contributed by atoms with E-state index in [9.17, 15) is 9.59 Å². The van der Waals surface area contributed by atoms with E-state index in [1.54, 1.807) is 29.0 Å². The van der Waals surface area contributed by atoms with Gasteiger partial charge in [-0.1, -0.05) is 55.5 Å². The van der Waals surface area contributed by atoms with Crippen LogP contribution in [0.2, 0.25) is 0 Å². The van der Waals surface area contributed by atoms with Crippen LogP contribution in [0.1, 0.15) is 64.2 Å². The third-order valence-electron chi connectivity index (χ3n) is 9.06. The number of nitrogens with zero attached hydrogens (tertiary/aromatic N) is 3. The largest absolute Gasteiger partial charge is 0.441 e. The lowest BCUT2D eigenvalue weighted by Crippen LogP contribution is -2.66. The Labute approximate surface area is 262 Å². The van der Waals surface area contributed by atoms with Crippen molar-refractivity contribution in [1.29, 1.82) is 0 Å². The number of hydrogen-bond acceptors (Lipinski definition) is 6. The summed E-state index contributed by atoms with van der Waals surface area (Å²) in [4.78, 5) is 31.8. The van der Waals surface area contributed by atoms with E-state index in [1.165, 1.54) is 11.3 Å². The Morgan fingerprint density at radius 2 is 1.76 bits per heavy atom. The fourth-order valence-electron chi connectivity index (χ4n) is 7.17. The standard InChI is InChI=1S/C34H31F2N5O3S/c1-2-27-24(26-19-38-29-13-7-16-39-41(26)29)17-28(45-27)30(42)40-31-33(44-32(37)43,14-8-15-34(31,35)36)18-25-22-11-5-3-9-20(22)21-10-4-6-12-23(21)25/h3-7,9-13,16-17,19,25,31H,2,8,14-15,18H2,1H3,(H2,37,43)(H,40,42)/t31-,33+/m1/s1. The lowest BCUT2D eigenvalue weighted by Gasteiger charge is -2.47. The zero-order valence-corrected chi connectivity index (χ0v) is 25.3. The smallest absolute Gasteiger partial charge is 0.405 e. The summed E-state index contributed by atoms with van der Waals surface area (Å²) in [5.41, 5.74) is 9.87. The number of alkyl halides is 2. The zero-order valence-electron chi connectivity index (χ0n) is 24.5. The summed E-state index contributed by atoms with van der Waals surface area (Å²) >= 11 is 1.23. The van der Waals surface area contributed by atoms with E-state index in [0.717, 1.165) is 32.7 Å². The van der Waals surface area contributed by atoms with Crippen molar-refractivity contribution in [2.75, 3.05) is 0 Å². The maximum atomic E-state index is 16.0. The second kappa shape index (κ2) is 11.1. The van der Waals surface area contributed by atoms with E-state index in [0.29, 0.717) is 17.8 Å². The van der Waals surface area contributed by atoms with Crippen LogP contribution in [0, 0.1) is 0 Å². The number of fused-ring (bicyclic) bond motifs is 4. The Hall–Kier alpha value is -4.64. The number of carbonyl (C=O) groups is 2. The molecule has 2 aromatic carbocycles. The highest BCUT2D eigenvalue weighted by Gasteiger charge is 2.59. The quantitative estimate of drug-likeness (QED) is 0.202. The Balaban J connectivity index is 1.27. The van der Waals surface area contributed by atoms with Crippen molar-refractivity contribution in [1.82, 2.24) is 19.9 Å². The van der Waals surface area contributed by atoms with Crippen LogP contribution in [-0.2, 0) is 11.2 Å². The molecule has 0 saturated heterocycles. The van der Waals surface area contributed by atoms with Crippen molar-refractivity contribution in [3.63, 3.8) is 0 Å². The molecule has 3 aromatic heterocycles. The number of hydrogen-bond donors (Lipinski definition) is 2. The number of benzene rings is 2. The minimum absolute atomic E-state index is 0.0356. The van der Waals surface area contributed by atoms with Crippen molar-refractivity contribution in [2.45, 2.75) is 62.5 Å². The third-order valence-corrected chi connectivity index (χ3v) is 10.3. The summed E-state index contributed by atoms with van der Waals surface area (Å²) in [6.07, 6.45) is 2.60. The normalized spacial score (nSPS) is 20.5. The first kappa shape index (κ1) is 29.1. The topological polar surface area (TPSA) is 112 Å². The molecule has 45 heavy (non-hydrogen) atoms. The van der Waals surface area contributed by atoms with Crippen molar-refractivity contribution < 1.29 is 23.1 Å². The number of rotatable bonds is 7. The van der Waals surface area contributed by atoms with E-state index in [2.05, 4.69) is 15.4 Å². The fourth-order valence-corrected chi connectivity index (χ4v) is 8.18. The molecule has 8 nitrogen and oxygen atoms in total. The van der Waals surface area contributed by atoms with Gasteiger partial charge in [-0.2, -0.15) is 5.10 Å². The zero-order chi connectivity index (χ0) is 31.3. The van der Waals surface area contributed by atoms with Gasteiger partial charge in [-0.05, 0) is 59.7 Å². The molecule has 2 amide bonds. The van der Waals surface area contributed by atoms with Gasteiger partial charge in [0.25, 0.3) is 11.8 Å². The Kier molecular flexibility index (Phi) is 7.15. The number of nitrogens with two attached hydrogens (primary N) is 1. The second-order valence-corrected chi connectivity index (χ2v) is 12.8. The number of primary amides is 1. The highest BCUT2D eigenvalue weighted by Crippen LogP contribution is 2.53. The number of halogens is 2. The molecule has 7 rings (SSSR count). The van der Waals surface area contributed by atoms with Crippen LogP contribution in [0.5, 0.6) is 0 Å². The number of aromatic nitrogens is 3. The Morgan fingerprint density at radius 1 is 1.04 bits per heavy atom. The molecule has 1 saturated carbocycles. The molecule has 0 aliphatic heterocycles. The van der Waals surface area contributed by atoms with Crippen molar-refractivity contribution >= 4 is 29.0 Å². The van der Waals surface area contributed by atoms with Gasteiger partial charge < -0.3 is 15.8 Å². The van der Waals surface area contributed by atoms with Gasteiger partial charge in [0, 0.05) is 35.4 Å². The first-order valence-corrected chi connectivity index (χ1v) is 15.8. The minimum atomic E-state index is -3.36. The van der Waals surface area contributed by atoms with E-state index >= 15 is 8.78 Å². The van der Waals surface area contributed by atoms with Crippen LogP contribution in [0.25, 0.3) is 28.0 Å². The molecule has 0 unspecified atom stereocenters. The molecular weight excluding hydrogens is 596 g/mol. The average molecular weight is 628 g/mol. The molecule has 3 N–H and O–H groups in total. The molecule has 3 heterocycles. The number of imidazole rings is 1. The molecule has 2 atom stereocenters. The van der Waals surface area contributed by atoms with Crippen LogP contribution >= 0.6 is 11.3 Å². The predicted molar refractivity (Wildman–Crippen MR) is 167 cm³/mol. The van der Waals surface area contributed by atoms with Gasteiger partial charge in [0.05, 0.1) is 16.8 Å². The Bertz CT molecular complexity index is 1890. The van der Waals surface area contributed by atoms with Gasteiger partial charge in [-0.3, -0.25) is 4.79 Å². The van der Waals surface area contributed by atoms with Gasteiger partial charge in [0.1, 0.15) is 11.6 Å². The molecule has 0 bridgehead atoms. The van der Waals surface area contributed by atoms with Gasteiger partial charge in [-0.15, -0.1) is 11.3 Å². The molecule has 11 heteroatoms. The van der Waals surface area contributed by atoms with Gasteiger partial charge in [0.2, 0.25) is 0 Å². The molecule has 0 radical (unpaired) electrons. The van der Waals surface area contributed by atoms with Gasteiger partial charge in [0.15, 0.2) is 5.65 Å². The minimum Gasteiger partial charge on any atom is -0.441 e. The number of carbonyl (C=O) groups excluding carboxylic acids is 2. The molecular formula is C34H31F2N5O3S. The van der Waals surface area contributed by atoms with E-state index in [4.69, 9.17) is 10.5 Å². The second-order valence-electron chi connectivity index (χ2n) is 11.7. The van der Waals surface area contributed by atoms with Crippen LogP contribution in [0.15, 0.2) is 79.1 Å². The summed E-state index contributed by atoms with van der Waals surface area (Å²) in [5, 5.41) is 7.03. The lowest BCUT2D eigenvalue weighted by molar-refractivity contribution is -0.155. The SMILES string of the molecule is CCc1sc(C(=O)N[C@H]2C(F)(F)CCC[C@@]2(CC2c3ccccc3-c3ccccc32)OC(N)=O)cc1-c1cnc2cccnn12. The van der Waals surface area contributed by atoms with Crippen LogP contribution in [0.4, 0.5) is 13.6 Å². The predicted octanol–water partition coefficient (Wildman–Crippen LogP) is 6.97. The molecule has 0 spiro atoms.